The summed E-state index contributed by atoms with van der Waals surface area (Å²) in [6.45, 7) is 0.597. The Kier molecular flexibility index (Phi) is 5.29. The molecule has 0 aliphatic carbocycles. The monoisotopic (exact) mass is 301 g/mol. The quantitative estimate of drug-likeness (QED) is 0.806. The van der Waals surface area contributed by atoms with Crippen molar-refractivity contribution in [1.29, 1.82) is 0 Å². The molecule has 0 saturated heterocycles. The Morgan fingerprint density at radius 2 is 1.95 bits per heavy atom. The molecule has 1 heterocycles. The standard InChI is InChI=1S/C16H15NO3S/c18-15(19)8-5-12-3-6-13(7-4-12)16(20)17-10-9-14-2-1-11-21-14/h1-8,11H,9-10H2,(H,17,20)(H,18,19). The maximum Gasteiger partial charge on any atom is 0.328 e. The van der Waals surface area contributed by atoms with Crippen molar-refractivity contribution < 1.29 is 14.7 Å². The zero-order chi connectivity index (χ0) is 15.1. The zero-order valence-corrected chi connectivity index (χ0v) is 12.1. The predicted octanol–water partition coefficient (Wildman–Crippen LogP) is 2.82. The van der Waals surface area contributed by atoms with E-state index < -0.39 is 5.97 Å². The third-order valence-electron chi connectivity index (χ3n) is 2.83. The van der Waals surface area contributed by atoms with Crippen molar-refractivity contribution in [2.45, 2.75) is 6.42 Å². The van der Waals surface area contributed by atoms with E-state index in [1.54, 1.807) is 35.6 Å². The van der Waals surface area contributed by atoms with Crippen molar-refractivity contribution in [1.82, 2.24) is 5.32 Å². The van der Waals surface area contributed by atoms with Crippen LogP contribution in [0.15, 0.2) is 47.9 Å². The minimum absolute atomic E-state index is 0.125. The lowest BCUT2D eigenvalue weighted by Gasteiger charge is -2.04. The fraction of sp³-hybridized carbons (Fsp3) is 0.125. The van der Waals surface area contributed by atoms with Gasteiger partial charge >= 0.3 is 5.97 Å². The zero-order valence-electron chi connectivity index (χ0n) is 11.3. The lowest BCUT2D eigenvalue weighted by atomic mass is 10.1. The Morgan fingerprint density at radius 3 is 2.57 bits per heavy atom. The van der Waals surface area contributed by atoms with Crippen LogP contribution in [0.1, 0.15) is 20.8 Å². The number of benzene rings is 1. The highest BCUT2D eigenvalue weighted by molar-refractivity contribution is 7.09. The molecule has 0 aliphatic heterocycles. The summed E-state index contributed by atoms with van der Waals surface area (Å²) in [6, 6.07) is 10.8. The van der Waals surface area contributed by atoms with Gasteiger partial charge in [-0.3, -0.25) is 4.79 Å². The van der Waals surface area contributed by atoms with E-state index in [0.717, 1.165) is 18.1 Å². The van der Waals surface area contributed by atoms with Gasteiger partial charge in [-0.05, 0) is 41.6 Å². The van der Waals surface area contributed by atoms with Crippen molar-refractivity contribution in [3.05, 3.63) is 63.9 Å². The first-order valence-electron chi connectivity index (χ1n) is 6.47. The number of thiophene rings is 1. The van der Waals surface area contributed by atoms with E-state index in [1.807, 2.05) is 17.5 Å². The summed E-state index contributed by atoms with van der Waals surface area (Å²) in [6.07, 6.45) is 3.37. The molecule has 0 atom stereocenters. The van der Waals surface area contributed by atoms with Crippen molar-refractivity contribution >= 4 is 29.3 Å². The van der Waals surface area contributed by atoms with Gasteiger partial charge in [-0.15, -0.1) is 11.3 Å². The molecule has 0 radical (unpaired) electrons. The van der Waals surface area contributed by atoms with Crippen LogP contribution in [0.25, 0.3) is 6.08 Å². The Bertz CT molecular complexity index is 630. The average Bonchev–Trinajstić information content (AvgIpc) is 2.99. The van der Waals surface area contributed by atoms with Gasteiger partial charge in [0.25, 0.3) is 5.91 Å². The molecule has 108 valence electrons. The average molecular weight is 301 g/mol. The molecule has 2 rings (SSSR count). The topological polar surface area (TPSA) is 66.4 Å². The lowest BCUT2D eigenvalue weighted by molar-refractivity contribution is -0.131. The predicted molar refractivity (Wildman–Crippen MR) is 83.5 cm³/mol. The number of carboxylic acid groups (broad SMARTS) is 1. The highest BCUT2D eigenvalue weighted by atomic mass is 32.1. The maximum absolute atomic E-state index is 11.9. The third kappa shape index (κ3) is 4.89. The van der Waals surface area contributed by atoms with E-state index >= 15 is 0 Å². The van der Waals surface area contributed by atoms with Crippen LogP contribution in [-0.2, 0) is 11.2 Å². The molecular weight excluding hydrogens is 286 g/mol. The minimum Gasteiger partial charge on any atom is -0.478 e. The molecule has 4 nitrogen and oxygen atoms in total. The fourth-order valence-corrected chi connectivity index (χ4v) is 2.48. The van der Waals surface area contributed by atoms with Crippen LogP contribution in [0.3, 0.4) is 0 Å². The second kappa shape index (κ2) is 7.40. The Hall–Kier alpha value is -2.40. The summed E-state index contributed by atoms with van der Waals surface area (Å²) in [4.78, 5) is 23.6. The second-order valence-corrected chi connectivity index (χ2v) is 5.41. The van der Waals surface area contributed by atoms with E-state index in [4.69, 9.17) is 5.11 Å². The Balaban J connectivity index is 1.86. The van der Waals surface area contributed by atoms with Crippen molar-refractivity contribution in [3.63, 3.8) is 0 Å². The van der Waals surface area contributed by atoms with Crippen LogP contribution < -0.4 is 5.32 Å². The number of amides is 1. The number of aliphatic carboxylic acids is 1. The largest absolute Gasteiger partial charge is 0.478 e. The summed E-state index contributed by atoms with van der Waals surface area (Å²) in [5.41, 5.74) is 1.31. The second-order valence-electron chi connectivity index (χ2n) is 4.38. The molecule has 0 spiro atoms. The number of carbonyl (C=O) groups is 2. The Labute approximate surface area is 126 Å². The summed E-state index contributed by atoms with van der Waals surface area (Å²) < 4.78 is 0. The highest BCUT2D eigenvalue weighted by Gasteiger charge is 2.04. The van der Waals surface area contributed by atoms with E-state index in [-0.39, 0.29) is 5.91 Å². The first-order chi connectivity index (χ1) is 10.1. The van der Waals surface area contributed by atoms with E-state index in [0.29, 0.717) is 12.1 Å². The fourth-order valence-electron chi connectivity index (χ4n) is 1.77. The highest BCUT2D eigenvalue weighted by Crippen LogP contribution is 2.09. The van der Waals surface area contributed by atoms with Gasteiger partial charge in [-0.2, -0.15) is 0 Å². The Morgan fingerprint density at radius 1 is 1.19 bits per heavy atom. The van der Waals surface area contributed by atoms with Crippen LogP contribution in [-0.4, -0.2) is 23.5 Å². The number of carboxylic acids is 1. The van der Waals surface area contributed by atoms with E-state index in [9.17, 15) is 9.59 Å². The van der Waals surface area contributed by atoms with Crippen molar-refractivity contribution in [2.75, 3.05) is 6.54 Å². The molecule has 1 aromatic carbocycles. The van der Waals surface area contributed by atoms with Crippen LogP contribution in [0.5, 0.6) is 0 Å². The van der Waals surface area contributed by atoms with Gasteiger partial charge in [0.05, 0.1) is 0 Å². The normalized spacial score (nSPS) is 10.7. The van der Waals surface area contributed by atoms with Crippen molar-refractivity contribution in [3.8, 4) is 0 Å². The smallest absolute Gasteiger partial charge is 0.328 e. The van der Waals surface area contributed by atoms with Gasteiger partial charge in [0.15, 0.2) is 0 Å². The van der Waals surface area contributed by atoms with Crippen LogP contribution in [0, 0.1) is 0 Å². The molecule has 5 heteroatoms. The molecule has 2 N–H and O–H groups in total. The first-order valence-corrected chi connectivity index (χ1v) is 7.35. The third-order valence-corrected chi connectivity index (χ3v) is 3.76. The van der Waals surface area contributed by atoms with Gasteiger partial charge in [0, 0.05) is 23.1 Å². The van der Waals surface area contributed by atoms with E-state index in [1.165, 1.54) is 11.0 Å². The molecule has 21 heavy (non-hydrogen) atoms. The van der Waals surface area contributed by atoms with Gasteiger partial charge in [0.1, 0.15) is 0 Å². The SMILES string of the molecule is O=C(O)C=Cc1ccc(C(=O)NCCc2cccs2)cc1. The van der Waals surface area contributed by atoms with Crippen LogP contribution in [0.4, 0.5) is 0 Å². The van der Waals surface area contributed by atoms with Gasteiger partial charge < -0.3 is 10.4 Å². The molecule has 0 saturated carbocycles. The van der Waals surface area contributed by atoms with Gasteiger partial charge in [-0.1, -0.05) is 18.2 Å². The van der Waals surface area contributed by atoms with Crippen molar-refractivity contribution in [2.24, 2.45) is 0 Å². The molecule has 0 bridgehead atoms. The molecule has 0 fully saturated rings. The lowest BCUT2D eigenvalue weighted by Crippen LogP contribution is -2.25. The summed E-state index contributed by atoms with van der Waals surface area (Å²) in [5, 5.41) is 13.4. The van der Waals surface area contributed by atoms with Gasteiger partial charge in [0.2, 0.25) is 0 Å². The van der Waals surface area contributed by atoms with E-state index in [2.05, 4.69) is 5.32 Å². The summed E-state index contributed by atoms with van der Waals surface area (Å²) >= 11 is 1.67. The van der Waals surface area contributed by atoms with Crippen LogP contribution >= 0.6 is 11.3 Å². The first kappa shape index (κ1) is 15.0. The molecule has 0 unspecified atom stereocenters. The molecule has 1 aromatic heterocycles. The van der Waals surface area contributed by atoms with Gasteiger partial charge in [-0.25, -0.2) is 4.79 Å². The number of carbonyl (C=O) groups excluding carboxylic acids is 1. The summed E-state index contributed by atoms with van der Waals surface area (Å²) in [5.74, 6) is -1.12. The number of hydrogen-bond acceptors (Lipinski definition) is 3. The molecule has 1 amide bonds. The number of nitrogens with one attached hydrogen (secondary N) is 1. The molecule has 2 aromatic rings. The molecule has 0 aliphatic rings. The number of hydrogen-bond donors (Lipinski definition) is 2. The number of rotatable bonds is 6. The molecular formula is C16H15NO3S. The minimum atomic E-state index is -0.995. The maximum atomic E-state index is 11.9. The van der Waals surface area contributed by atoms with Crippen LogP contribution in [0.2, 0.25) is 0 Å². The summed E-state index contributed by atoms with van der Waals surface area (Å²) in [7, 11) is 0.